The monoisotopic (exact) mass is 418 g/mol. The summed E-state index contributed by atoms with van der Waals surface area (Å²) < 4.78 is 8.99. The fraction of sp³-hybridized carbons (Fsp3) is 0.533. The summed E-state index contributed by atoms with van der Waals surface area (Å²) in [6.45, 7) is 4.26. The lowest BCUT2D eigenvalue weighted by atomic mass is 9.86. The molecule has 1 aromatic heterocycles. The van der Waals surface area contributed by atoms with Crippen molar-refractivity contribution in [3.05, 3.63) is 27.4 Å². The minimum Gasteiger partial charge on any atom is -0.451 e. The zero-order chi connectivity index (χ0) is 15.6. The number of halogens is 2. The van der Waals surface area contributed by atoms with Crippen LogP contribution in [0.2, 0.25) is 0 Å². The Kier molecular flexibility index (Phi) is 5.20. The van der Waals surface area contributed by atoms with Crippen molar-refractivity contribution in [2.24, 2.45) is 5.92 Å². The molecule has 1 aliphatic rings. The molecule has 1 unspecified atom stereocenters. The zero-order valence-corrected chi connectivity index (χ0v) is 15.2. The first-order chi connectivity index (χ1) is 9.80. The quantitative estimate of drug-likeness (QED) is 0.543. The van der Waals surface area contributed by atoms with Gasteiger partial charge in [0.15, 0.2) is 18.0 Å². The topological polar surface area (TPSA) is 47.2 Å². The van der Waals surface area contributed by atoms with Crippen LogP contribution in [0.5, 0.6) is 0 Å². The molecule has 0 amide bonds. The summed E-state index contributed by atoms with van der Waals surface area (Å²) in [5.41, 5.74) is -0.951. The summed E-state index contributed by atoms with van der Waals surface area (Å²) in [7, 11) is 0. The summed E-state index contributed by atoms with van der Waals surface area (Å²) in [4.78, 5) is 24.2. The molecule has 0 radical (unpaired) electrons. The standard InChI is InChI=1S/C15H18Br2NO3/c1-10(2)6-15(4-3-14(20)21-15)13(19)9-18-7-11(16)5-12(17)8-18/h5,7-8,10H,3-4,6,9H2,1-2H3/q+1. The number of hydrogen-bond acceptors (Lipinski definition) is 3. The van der Waals surface area contributed by atoms with Gasteiger partial charge in [0.2, 0.25) is 12.3 Å². The van der Waals surface area contributed by atoms with Crippen molar-refractivity contribution in [2.45, 2.75) is 45.3 Å². The second-order valence-corrected chi connectivity index (χ2v) is 7.67. The first-order valence-electron chi connectivity index (χ1n) is 6.91. The number of cyclic esters (lactones) is 1. The molecule has 0 spiro atoms. The molecular formula is C15H18Br2NO3+. The van der Waals surface area contributed by atoms with E-state index >= 15 is 0 Å². The van der Waals surface area contributed by atoms with E-state index in [4.69, 9.17) is 4.74 Å². The van der Waals surface area contributed by atoms with Crippen molar-refractivity contribution in [1.82, 2.24) is 0 Å². The lowest BCUT2D eigenvalue weighted by Gasteiger charge is -2.26. The summed E-state index contributed by atoms with van der Waals surface area (Å²) >= 11 is 6.80. The number of ether oxygens (including phenoxy) is 1. The largest absolute Gasteiger partial charge is 0.451 e. The molecule has 1 atom stereocenters. The first-order valence-corrected chi connectivity index (χ1v) is 8.49. The van der Waals surface area contributed by atoms with Gasteiger partial charge in [-0.05, 0) is 50.3 Å². The molecule has 1 saturated heterocycles. The van der Waals surface area contributed by atoms with Gasteiger partial charge >= 0.3 is 5.97 Å². The van der Waals surface area contributed by atoms with Crippen molar-refractivity contribution in [2.75, 3.05) is 0 Å². The van der Waals surface area contributed by atoms with Gasteiger partial charge in [-0.15, -0.1) is 0 Å². The Morgan fingerprint density at radius 2 is 2.00 bits per heavy atom. The van der Waals surface area contributed by atoms with Crippen LogP contribution in [0.25, 0.3) is 0 Å². The molecule has 0 saturated carbocycles. The average Bonchev–Trinajstić information content (AvgIpc) is 2.69. The number of hydrogen-bond donors (Lipinski definition) is 0. The van der Waals surface area contributed by atoms with Gasteiger partial charge in [0.1, 0.15) is 0 Å². The van der Waals surface area contributed by atoms with Crippen LogP contribution in [0.15, 0.2) is 27.4 Å². The van der Waals surface area contributed by atoms with E-state index in [2.05, 4.69) is 31.9 Å². The van der Waals surface area contributed by atoms with E-state index < -0.39 is 5.60 Å². The van der Waals surface area contributed by atoms with Gasteiger partial charge in [-0.3, -0.25) is 9.59 Å². The van der Waals surface area contributed by atoms with Gasteiger partial charge in [-0.2, -0.15) is 4.57 Å². The number of carbonyl (C=O) groups is 2. The van der Waals surface area contributed by atoms with Crippen molar-refractivity contribution < 1.29 is 18.9 Å². The number of nitrogens with zero attached hydrogens (tertiary/aromatic N) is 1. The van der Waals surface area contributed by atoms with E-state index in [1.54, 1.807) is 4.57 Å². The Labute approximate surface area is 141 Å². The SMILES string of the molecule is CC(C)CC1(C(=O)C[n+]2cc(Br)cc(Br)c2)CCC(=O)O1. The molecule has 2 heterocycles. The maximum Gasteiger partial charge on any atom is 0.306 e. The summed E-state index contributed by atoms with van der Waals surface area (Å²) in [6.07, 6.45) is 5.06. The highest BCUT2D eigenvalue weighted by Gasteiger charge is 2.48. The highest BCUT2D eigenvalue weighted by Crippen LogP contribution is 2.34. The minimum atomic E-state index is -0.951. The average molecular weight is 420 g/mol. The van der Waals surface area contributed by atoms with E-state index in [0.29, 0.717) is 25.2 Å². The molecule has 0 bridgehead atoms. The van der Waals surface area contributed by atoms with E-state index in [-0.39, 0.29) is 18.3 Å². The molecule has 114 valence electrons. The Bertz CT molecular complexity index is 554. The molecule has 0 aromatic carbocycles. The molecule has 4 nitrogen and oxygen atoms in total. The van der Waals surface area contributed by atoms with Crippen LogP contribution in [-0.4, -0.2) is 17.4 Å². The molecule has 6 heteroatoms. The van der Waals surface area contributed by atoms with Gasteiger partial charge < -0.3 is 4.74 Å². The normalized spacial score (nSPS) is 21.7. The minimum absolute atomic E-state index is 0.0444. The Hall–Kier alpha value is -0.750. The molecule has 1 aliphatic heterocycles. The third-order valence-corrected chi connectivity index (χ3v) is 4.34. The van der Waals surface area contributed by atoms with Crippen molar-refractivity contribution in [3.63, 3.8) is 0 Å². The fourth-order valence-electron chi connectivity index (χ4n) is 2.70. The molecule has 1 fully saturated rings. The summed E-state index contributed by atoms with van der Waals surface area (Å²) in [5.74, 6) is -0.0273. The Balaban J connectivity index is 2.21. The van der Waals surface area contributed by atoms with E-state index in [1.807, 2.05) is 32.3 Å². The van der Waals surface area contributed by atoms with Gasteiger partial charge in [-0.25, -0.2) is 0 Å². The van der Waals surface area contributed by atoms with Crippen molar-refractivity contribution in [3.8, 4) is 0 Å². The van der Waals surface area contributed by atoms with Crippen LogP contribution in [0.3, 0.4) is 0 Å². The number of aromatic nitrogens is 1. The molecule has 21 heavy (non-hydrogen) atoms. The lowest BCUT2D eigenvalue weighted by molar-refractivity contribution is -0.686. The van der Waals surface area contributed by atoms with Crippen molar-refractivity contribution in [1.29, 1.82) is 0 Å². The lowest BCUT2D eigenvalue weighted by Crippen LogP contribution is -2.49. The molecule has 0 aliphatic carbocycles. The number of Topliss-reactive ketones (excluding diaryl/α,β-unsaturated/α-hetero) is 1. The third kappa shape index (κ3) is 4.13. The molecule has 2 rings (SSSR count). The van der Waals surface area contributed by atoms with Crippen LogP contribution < -0.4 is 4.57 Å². The second kappa shape index (κ2) is 6.57. The Morgan fingerprint density at radius 1 is 1.38 bits per heavy atom. The highest BCUT2D eigenvalue weighted by atomic mass is 79.9. The number of ketones is 1. The number of rotatable bonds is 5. The predicted molar refractivity (Wildman–Crippen MR) is 84.6 cm³/mol. The third-order valence-electron chi connectivity index (χ3n) is 3.47. The number of carbonyl (C=O) groups excluding carboxylic acids is 2. The molecule has 1 aromatic rings. The molecule has 0 N–H and O–H groups in total. The molecular weight excluding hydrogens is 402 g/mol. The van der Waals surface area contributed by atoms with Crippen LogP contribution in [0.4, 0.5) is 0 Å². The predicted octanol–water partition coefficient (Wildman–Crippen LogP) is 3.19. The van der Waals surface area contributed by atoms with Gasteiger partial charge in [0.05, 0.1) is 8.95 Å². The fourth-order valence-corrected chi connectivity index (χ4v) is 4.03. The smallest absolute Gasteiger partial charge is 0.306 e. The number of esters is 1. The van der Waals surface area contributed by atoms with E-state index in [9.17, 15) is 9.59 Å². The van der Waals surface area contributed by atoms with Crippen LogP contribution in [-0.2, 0) is 20.9 Å². The Morgan fingerprint density at radius 3 is 2.48 bits per heavy atom. The van der Waals surface area contributed by atoms with Crippen LogP contribution >= 0.6 is 31.9 Å². The maximum atomic E-state index is 12.7. The second-order valence-electron chi connectivity index (χ2n) is 5.83. The van der Waals surface area contributed by atoms with Gasteiger partial charge in [-0.1, -0.05) is 13.8 Å². The van der Waals surface area contributed by atoms with Gasteiger partial charge in [0, 0.05) is 12.8 Å². The first kappa shape index (κ1) is 16.6. The summed E-state index contributed by atoms with van der Waals surface area (Å²) in [5, 5.41) is 0. The van der Waals surface area contributed by atoms with Gasteiger partial charge in [0.25, 0.3) is 0 Å². The zero-order valence-electron chi connectivity index (χ0n) is 12.1. The number of pyridine rings is 1. The summed E-state index contributed by atoms with van der Waals surface area (Å²) in [6, 6.07) is 1.90. The van der Waals surface area contributed by atoms with E-state index in [0.717, 1.165) is 8.95 Å². The van der Waals surface area contributed by atoms with E-state index in [1.165, 1.54) is 0 Å². The van der Waals surface area contributed by atoms with Crippen molar-refractivity contribution >= 4 is 43.6 Å². The maximum absolute atomic E-state index is 12.7. The van der Waals surface area contributed by atoms with Crippen LogP contribution in [0, 0.1) is 5.92 Å². The van der Waals surface area contributed by atoms with Crippen LogP contribution in [0.1, 0.15) is 33.1 Å². The highest BCUT2D eigenvalue weighted by molar-refractivity contribution is 9.11.